The highest BCUT2D eigenvalue weighted by molar-refractivity contribution is 8.80. The van der Waals surface area contributed by atoms with Gasteiger partial charge in [0.1, 0.15) is 12.8 Å². The van der Waals surface area contributed by atoms with Gasteiger partial charge in [0.15, 0.2) is 0 Å². The van der Waals surface area contributed by atoms with Crippen LogP contribution in [-0.4, -0.2) is 44.8 Å². The van der Waals surface area contributed by atoms with Gasteiger partial charge in [0.05, 0.1) is 0 Å². The van der Waals surface area contributed by atoms with Crippen molar-refractivity contribution in [3.05, 3.63) is 0 Å². The van der Waals surface area contributed by atoms with E-state index in [9.17, 15) is 0 Å². The van der Waals surface area contributed by atoms with Crippen molar-refractivity contribution in [3.8, 4) is 0 Å². The smallest absolute Gasteiger partial charge is 0.125 e. The number of nitrogens with zero attached hydrogens (tertiary/aromatic N) is 2. The lowest BCUT2D eigenvalue weighted by Crippen LogP contribution is -2.24. The summed E-state index contributed by atoms with van der Waals surface area (Å²) in [5, 5.41) is 0. The Kier molecular flexibility index (Phi) is 5.19. The van der Waals surface area contributed by atoms with Gasteiger partial charge in [0, 0.05) is 0 Å². The highest BCUT2D eigenvalue weighted by Crippen LogP contribution is 2.64. The lowest BCUT2D eigenvalue weighted by atomic mass is 11.3. The van der Waals surface area contributed by atoms with Crippen molar-refractivity contribution in [1.29, 1.82) is 0 Å². The second kappa shape index (κ2) is 4.77. The van der Waals surface area contributed by atoms with Crippen LogP contribution in [0.3, 0.4) is 0 Å². The standard InChI is InChI=1S/C7H21N2PS2Si/c1-8(2)10(11,9(3)4)12-13(5,6)7/h1-7H3. The summed E-state index contributed by atoms with van der Waals surface area (Å²) in [6.45, 7) is 7.06. The zero-order valence-corrected chi connectivity index (χ0v) is 13.2. The average molecular weight is 256 g/mol. The van der Waals surface area contributed by atoms with E-state index in [4.69, 9.17) is 11.8 Å². The minimum Gasteiger partial charge on any atom is -0.262 e. The summed E-state index contributed by atoms with van der Waals surface area (Å²) in [5.74, 6) is 0. The number of hydrogen-bond acceptors (Lipinski definition) is 2. The van der Waals surface area contributed by atoms with Crippen LogP contribution in [0.2, 0.25) is 19.6 Å². The summed E-state index contributed by atoms with van der Waals surface area (Å²) in [5.41, 5.74) is -1.51. The molecular weight excluding hydrogens is 235 g/mol. The SMILES string of the molecule is CN(C)P(=S)(S[Si](C)(C)C)N(C)C. The minimum absolute atomic E-state index is 1.14. The summed E-state index contributed by atoms with van der Waals surface area (Å²) >= 11 is 5.76. The van der Waals surface area contributed by atoms with E-state index in [1.165, 1.54) is 0 Å². The molecule has 0 bridgehead atoms. The monoisotopic (exact) mass is 256 g/mol. The molecule has 6 heteroatoms. The van der Waals surface area contributed by atoms with Crippen LogP contribution in [0.5, 0.6) is 0 Å². The van der Waals surface area contributed by atoms with Crippen LogP contribution in [0, 0.1) is 0 Å². The van der Waals surface area contributed by atoms with Crippen molar-refractivity contribution in [2.45, 2.75) is 19.6 Å². The van der Waals surface area contributed by atoms with Crippen molar-refractivity contribution in [2.75, 3.05) is 28.2 Å². The fraction of sp³-hybridized carbons (Fsp3) is 1.00. The molecular formula is C7H21N2PS2Si. The third-order valence-corrected chi connectivity index (χ3v) is 19.6. The first-order valence-electron chi connectivity index (χ1n) is 4.26. The molecule has 0 aromatic rings. The molecule has 0 aromatic carbocycles. The predicted molar refractivity (Wildman–Crippen MR) is 72.6 cm³/mol. The molecule has 0 amide bonds. The van der Waals surface area contributed by atoms with Crippen LogP contribution < -0.4 is 0 Å². The van der Waals surface area contributed by atoms with Crippen LogP contribution in [0.15, 0.2) is 0 Å². The topological polar surface area (TPSA) is 6.48 Å². The summed E-state index contributed by atoms with van der Waals surface area (Å²) in [4.78, 5) is 0. The van der Waals surface area contributed by atoms with Gasteiger partial charge in [0.2, 0.25) is 0 Å². The molecule has 0 aliphatic rings. The van der Waals surface area contributed by atoms with Crippen molar-refractivity contribution in [2.24, 2.45) is 0 Å². The average Bonchev–Trinajstić information content (AvgIpc) is 1.82. The largest absolute Gasteiger partial charge is 0.262 e. The third-order valence-electron chi connectivity index (χ3n) is 1.40. The Balaban J connectivity index is 4.74. The van der Waals surface area contributed by atoms with Gasteiger partial charge in [-0.15, -0.1) is 10.8 Å². The van der Waals surface area contributed by atoms with Crippen molar-refractivity contribution < 1.29 is 0 Å². The van der Waals surface area contributed by atoms with E-state index in [1.54, 1.807) is 0 Å². The fourth-order valence-corrected chi connectivity index (χ4v) is 21.2. The van der Waals surface area contributed by atoms with Gasteiger partial charge in [-0.25, -0.2) is 0 Å². The molecule has 0 fully saturated rings. The first-order chi connectivity index (χ1) is 5.59. The highest BCUT2D eigenvalue weighted by atomic mass is 33.0. The Hall–Kier alpha value is 1.14. The lowest BCUT2D eigenvalue weighted by Gasteiger charge is -2.37. The van der Waals surface area contributed by atoms with Crippen molar-refractivity contribution in [1.82, 2.24) is 9.34 Å². The van der Waals surface area contributed by atoms with E-state index in [0.29, 0.717) is 0 Å². The molecule has 0 heterocycles. The maximum absolute atomic E-state index is 5.76. The first kappa shape index (κ1) is 14.1. The van der Waals surface area contributed by atoms with Crippen LogP contribution in [0.25, 0.3) is 0 Å². The zero-order valence-electron chi connectivity index (χ0n) is 9.66. The third kappa shape index (κ3) is 4.45. The van der Waals surface area contributed by atoms with Crippen molar-refractivity contribution >= 4 is 35.4 Å². The molecule has 0 radical (unpaired) electrons. The summed E-state index contributed by atoms with van der Waals surface area (Å²) in [7, 11) is 9.26. The predicted octanol–water partition coefficient (Wildman–Crippen LogP) is 2.90. The van der Waals surface area contributed by atoms with E-state index < -0.39 is 12.8 Å². The second-order valence-corrected chi connectivity index (χ2v) is 21.0. The van der Waals surface area contributed by atoms with Crippen LogP contribution in [0.1, 0.15) is 0 Å². The first-order valence-corrected chi connectivity index (χ1v) is 12.6. The van der Waals surface area contributed by atoms with Gasteiger partial charge in [-0.1, -0.05) is 31.4 Å². The molecule has 0 unspecified atom stereocenters. The van der Waals surface area contributed by atoms with Crippen molar-refractivity contribution in [3.63, 3.8) is 0 Å². The molecule has 0 rings (SSSR count). The quantitative estimate of drug-likeness (QED) is 0.563. The normalized spacial score (nSPS) is 14.2. The van der Waals surface area contributed by atoms with Gasteiger partial charge in [-0.3, -0.25) is 9.34 Å². The minimum atomic E-state index is -1.51. The zero-order chi connectivity index (χ0) is 10.9. The lowest BCUT2D eigenvalue weighted by molar-refractivity contribution is 0.589. The Morgan fingerprint density at radius 2 is 1.31 bits per heavy atom. The number of hydrogen-bond donors (Lipinski definition) is 0. The number of rotatable bonds is 4. The second-order valence-electron chi connectivity index (χ2n) is 4.39. The van der Waals surface area contributed by atoms with E-state index >= 15 is 0 Å². The molecule has 0 atom stereocenters. The fourth-order valence-electron chi connectivity index (χ4n) is 0.878. The van der Waals surface area contributed by atoms with Crippen LogP contribution in [-0.2, 0) is 11.8 Å². The molecule has 80 valence electrons. The maximum atomic E-state index is 5.76. The van der Waals surface area contributed by atoms with Crippen LogP contribution in [0.4, 0.5) is 0 Å². The summed E-state index contributed by atoms with van der Waals surface area (Å²) in [6, 6.07) is 0. The van der Waals surface area contributed by atoms with Gasteiger partial charge in [-0.2, -0.15) is 0 Å². The summed E-state index contributed by atoms with van der Waals surface area (Å²) < 4.78 is 4.43. The van der Waals surface area contributed by atoms with E-state index in [-0.39, 0.29) is 0 Å². The van der Waals surface area contributed by atoms with Crippen LogP contribution >= 0.6 is 16.4 Å². The Bertz CT molecular complexity index is 201. The Labute approximate surface area is 92.6 Å². The highest BCUT2D eigenvalue weighted by Gasteiger charge is 2.30. The molecule has 13 heavy (non-hydrogen) atoms. The van der Waals surface area contributed by atoms with Gasteiger partial charge in [-0.05, 0) is 28.2 Å². The van der Waals surface area contributed by atoms with E-state index in [0.717, 1.165) is 0 Å². The Morgan fingerprint density at radius 1 is 1.00 bits per heavy atom. The molecule has 0 N–H and O–H groups in total. The molecule has 0 aromatic heterocycles. The molecule has 0 aliphatic carbocycles. The molecule has 0 aliphatic heterocycles. The molecule has 0 saturated carbocycles. The molecule has 2 nitrogen and oxygen atoms in total. The molecule has 0 spiro atoms. The van der Waals surface area contributed by atoms with Gasteiger partial charge >= 0.3 is 0 Å². The van der Waals surface area contributed by atoms with Gasteiger partial charge in [0.25, 0.3) is 0 Å². The van der Waals surface area contributed by atoms with E-state index in [1.807, 2.05) is 10.8 Å². The summed E-state index contributed by atoms with van der Waals surface area (Å²) in [6.07, 6.45) is 0. The Morgan fingerprint density at radius 3 is 1.38 bits per heavy atom. The maximum Gasteiger partial charge on any atom is 0.125 e. The van der Waals surface area contributed by atoms with E-state index in [2.05, 4.69) is 57.2 Å². The van der Waals surface area contributed by atoms with Gasteiger partial charge < -0.3 is 0 Å². The molecule has 0 saturated heterocycles.